The number of hydrogen-bond acceptors (Lipinski definition) is 3. The summed E-state index contributed by atoms with van der Waals surface area (Å²) in [5.41, 5.74) is 9.55. The van der Waals surface area contributed by atoms with Gasteiger partial charge in [-0.15, -0.1) is 0 Å². The third-order valence-electron chi connectivity index (χ3n) is 4.97. The molecule has 3 nitrogen and oxygen atoms in total. The first-order valence-corrected chi connectivity index (χ1v) is 6.86. The summed E-state index contributed by atoms with van der Waals surface area (Å²) in [4.78, 5) is 7.07. The van der Waals surface area contributed by atoms with Crippen LogP contribution < -0.4 is 5.73 Å². The molecule has 1 fully saturated rings. The lowest BCUT2D eigenvalue weighted by molar-refractivity contribution is 0.0779. The molecule has 2 heterocycles. The highest BCUT2D eigenvalue weighted by Crippen LogP contribution is 2.50. The van der Waals surface area contributed by atoms with E-state index in [0.717, 1.165) is 6.42 Å². The second kappa shape index (κ2) is 3.92. The molecule has 2 aliphatic heterocycles. The van der Waals surface area contributed by atoms with E-state index in [4.69, 9.17) is 5.73 Å². The summed E-state index contributed by atoms with van der Waals surface area (Å²) in [6.45, 7) is 6.98. The minimum absolute atomic E-state index is 0.200. The molecule has 17 heavy (non-hydrogen) atoms. The fourth-order valence-corrected chi connectivity index (χ4v) is 3.71. The van der Waals surface area contributed by atoms with Gasteiger partial charge in [-0.25, -0.2) is 0 Å². The van der Waals surface area contributed by atoms with E-state index in [9.17, 15) is 0 Å². The third kappa shape index (κ3) is 1.67. The fourth-order valence-electron chi connectivity index (χ4n) is 3.71. The molecule has 0 aromatic rings. The van der Waals surface area contributed by atoms with Crippen molar-refractivity contribution in [3.63, 3.8) is 0 Å². The Morgan fingerprint density at radius 3 is 2.71 bits per heavy atom. The Morgan fingerprint density at radius 2 is 2.12 bits per heavy atom. The van der Waals surface area contributed by atoms with E-state index >= 15 is 0 Å². The first-order chi connectivity index (χ1) is 8.12. The van der Waals surface area contributed by atoms with Crippen LogP contribution in [0.1, 0.15) is 39.5 Å². The van der Waals surface area contributed by atoms with Gasteiger partial charge in [0.2, 0.25) is 0 Å². The van der Waals surface area contributed by atoms with Gasteiger partial charge in [0.25, 0.3) is 0 Å². The van der Waals surface area contributed by atoms with Crippen LogP contribution in [0.15, 0.2) is 16.3 Å². The van der Waals surface area contributed by atoms with Crippen molar-refractivity contribution < 1.29 is 0 Å². The summed E-state index contributed by atoms with van der Waals surface area (Å²) in [5.74, 6) is 0. The van der Waals surface area contributed by atoms with Gasteiger partial charge in [0.1, 0.15) is 0 Å². The summed E-state index contributed by atoms with van der Waals surface area (Å²) < 4.78 is 0. The monoisotopic (exact) mass is 233 g/mol. The van der Waals surface area contributed by atoms with Gasteiger partial charge in [-0.1, -0.05) is 0 Å². The zero-order valence-electron chi connectivity index (χ0n) is 10.9. The standard InChI is InChI=1S/C14H23N3/c1-10(2)17-7-4-14(5-8-17)9-11-3-6-16-12(11)13(14)15/h6,10,13H,3-5,7-9,15H2,1-2H3/t13-/m0/s1. The Kier molecular flexibility index (Phi) is 2.64. The molecule has 0 unspecified atom stereocenters. The van der Waals surface area contributed by atoms with Crippen LogP contribution in [-0.4, -0.2) is 36.3 Å². The molecule has 1 aliphatic carbocycles. The summed E-state index contributed by atoms with van der Waals surface area (Å²) in [7, 11) is 0. The Labute approximate surface area is 104 Å². The van der Waals surface area contributed by atoms with Gasteiger partial charge in [-0.2, -0.15) is 0 Å². The van der Waals surface area contributed by atoms with Crippen LogP contribution in [-0.2, 0) is 0 Å². The normalized spacial score (nSPS) is 31.9. The minimum Gasteiger partial charge on any atom is -0.322 e. The molecule has 0 amide bonds. The van der Waals surface area contributed by atoms with Crippen LogP contribution >= 0.6 is 0 Å². The first kappa shape index (κ1) is 11.4. The zero-order valence-corrected chi connectivity index (χ0v) is 10.9. The van der Waals surface area contributed by atoms with E-state index < -0.39 is 0 Å². The summed E-state index contributed by atoms with van der Waals surface area (Å²) in [6, 6.07) is 0.869. The van der Waals surface area contributed by atoms with Crippen molar-refractivity contribution in [3.8, 4) is 0 Å². The molecule has 3 heteroatoms. The Hall–Kier alpha value is -0.670. The number of allylic oxidation sites excluding steroid dienone is 1. The number of likely N-dealkylation sites (tertiary alicyclic amines) is 1. The molecule has 0 saturated carbocycles. The molecule has 0 radical (unpaired) electrons. The smallest absolute Gasteiger partial charge is 0.0568 e. The highest BCUT2D eigenvalue weighted by molar-refractivity contribution is 5.69. The molecule has 2 N–H and O–H groups in total. The molecule has 0 bridgehead atoms. The summed E-state index contributed by atoms with van der Waals surface area (Å²) >= 11 is 0. The van der Waals surface area contributed by atoms with Gasteiger partial charge < -0.3 is 10.6 Å². The molecular weight excluding hydrogens is 210 g/mol. The Morgan fingerprint density at radius 1 is 1.41 bits per heavy atom. The van der Waals surface area contributed by atoms with E-state index in [2.05, 4.69) is 23.7 Å². The van der Waals surface area contributed by atoms with E-state index in [1.165, 1.54) is 43.6 Å². The molecule has 94 valence electrons. The second-order valence-electron chi connectivity index (χ2n) is 6.15. The lowest BCUT2D eigenvalue weighted by atomic mass is 9.72. The van der Waals surface area contributed by atoms with Gasteiger partial charge >= 0.3 is 0 Å². The van der Waals surface area contributed by atoms with Crippen LogP contribution in [0.4, 0.5) is 0 Å². The van der Waals surface area contributed by atoms with Crippen molar-refractivity contribution in [2.45, 2.75) is 51.6 Å². The Bertz CT molecular complexity index is 373. The molecule has 0 aromatic carbocycles. The van der Waals surface area contributed by atoms with Crippen molar-refractivity contribution in [1.82, 2.24) is 4.90 Å². The van der Waals surface area contributed by atoms with Crippen LogP contribution in [0.3, 0.4) is 0 Å². The molecule has 1 saturated heterocycles. The Balaban J connectivity index is 1.73. The van der Waals surface area contributed by atoms with Crippen LogP contribution in [0.2, 0.25) is 0 Å². The molecule has 1 atom stereocenters. The zero-order chi connectivity index (χ0) is 12.0. The van der Waals surface area contributed by atoms with Crippen LogP contribution in [0, 0.1) is 5.41 Å². The maximum atomic E-state index is 6.46. The van der Waals surface area contributed by atoms with Crippen LogP contribution in [0.5, 0.6) is 0 Å². The predicted octanol–water partition coefficient (Wildman–Crippen LogP) is 1.94. The van der Waals surface area contributed by atoms with Gasteiger partial charge in [-0.05, 0) is 57.2 Å². The van der Waals surface area contributed by atoms with Gasteiger partial charge in [0.05, 0.1) is 11.7 Å². The third-order valence-corrected chi connectivity index (χ3v) is 4.97. The number of piperidine rings is 1. The largest absolute Gasteiger partial charge is 0.322 e. The summed E-state index contributed by atoms with van der Waals surface area (Å²) in [6.07, 6.45) is 6.78. The van der Waals surface area contributed by atoms with Gasteiger partial charge in [0, 0.05) is 18.7 Å². The van der Waals surface area contributed by atoms with E-state index in [1.54, 1.807) is 0 Å². The van der Waals surface area contributed by atoms with Crippen molar-refractivity contribution in [1.29, 1.82) is 0 Å². The van der Waals surface area contributed by atoms with E-state index in [-0.39, 0.29) is 6.04 Å². The number of rotatable bonds is 1. The predicted molar refractivity (Wildman–Crippen MR) is 71.1 cm³/mol. The van der Waals surface area contributed by atoms with E-state index in [0.29, 0.717) is 11.5 Å². The highest BCUT2D eigenvalue weighted by atomic mass is 15.2. The topological polar surface area (TPSA) is 41.6 Å². The number of aliphatic imine (C=N–C) groups is 1. The average molecular weight is 233 g/mol. The number of hydrogen-bond donors (Lipinski definition) is 1. The van der Waals surface area contributed by atoms with Gasteiger partial charge in [0.15, 0.2) is 0 Å². The lowest BCUT2D eigenvalue weighted by Crippen LogP contribution is -2.49. The first-order valence-electron chi connectivity index (χ1n) is 6.86. The molecular formula is C14H23N3. The number of nitrogens with two attached hydrogens (primary N) is 1. The second-order valence-corrected chi connectivity index (χ2v) is 6.15. The van der Waals surface area contributed by atoms with Crippen molar-refractivity contribution in [2.24, 2.45) is 16.1 Å². The van der Waals surface area contributed by atoms with Gasteiger partial charge in [-0.3, -0.25) is 4.99 Å². The minimum atomic E-state index is 0.200. The number of nitrogens with zero attached hydrogens (tertiary/aromatic N) is 2. The van der Waals surface area contributed by atoms with Crippen molar-refractivity contribution >= 4 is 6.21 Å². The van der Waals surface area contributed by atoms with Crippen LogP contribution in [0.25, 0.3) is 0 Å². The maximum absolute atomic E-state index is 6.46. The van der Waals surface area contributed by atoms with Crippen molar-refractivity contribution in [3.05, 3.63) is 11.3 Å². The summed E-state index contributed by atoms with van der Waals surface area (Å²) in [5, 5.41) is 0. The average Bonchev–Trinajstić information content (AvgIpc) is 2.84. The molecule has 3 rings (SSSR count). The fraction of sp³-hybridized carbons (Fsp3) is 0.786. The van der Waals surface area contributed by atoms with E-state index in [1.807, 2.05) is 6.21 Å². The quantitative estimate of drug-likeness (QED) is 0.752. The molecule has 3 aliphatic rings. The lowest BCUT2D eigenvalue weighted by Gasteiger charge is -2.44. The highest BCUT2D eigenvalue weighted by Gasteiger charge is 2.47. The SMILES string of the molecule is CC(C)N1CCC2(CC1)CC1=C(N=CC1)[C@@H]2N. The van der Waals surface area contributed by atoms with Crippen molar-refractivity contribution in [2.75, 3.05) is 13.1 Å². The molecule has 1 spiro atoms. The molecule has 0 aromatic heterocycles. The maximum Gasteiger partial charge on any atom is 0.0568 e.